The van der Waals surface area contributed by atoms with Gasteiger partial charge >= 0.3 is 0 Å². The Bertz CT molecular complexity index is 1040. The minimum absolute atomic E-state index is 0.0449. The molecule has 2 aromatic rings. The van der Waals surface area contributed by atoms with Crippen molar-refractivity contribution < 1.29 is 0 Å². The topological polar surface area (TPSA) is 26.0 Å². The van der Waals surface area contributed by atoms with Gasteiger partial charge < -0.3 is 5.73 Å². The number of hydrogen-bond acceptors (Lipinski definition) is 1. The molecule has 1 heteroatoms. The van der Waals surface area contributed by atoms with Crippen LogP contribution in [0, 0.1) is 30.6 Å². The van der Waals surface area contributed by atoms with E-state index in [1.54, 1.807) is 5.57 Å². The molecule has 214 valence electrons. The highest BCUT2D eigenvalue weighted by molar-refractivity contribution is 5.71. The zero-order valence-corrected chi connectivity index (χ0v) is 26.3. The number of nitrogens with two attached hydrogens (primary N) is 1. The molecule has 1 saturated carbocycles. The molecule has 0 spiro atoms. The van der Waals surface area contributed by atoms with Crippen LogP contribution in [0.3, 0.4) is 0 Å². The van der Waals surface area contributed by atoms with Crippen LogP contribution in [0.4, 0.5) is 5.69 Å². The Kier molecular flexibility index (Phi) is 14.3. The van der Waals surface area contributed by atoms with E-state index < -0.39 is 0 Å². The first kappa shape index (κ1) is 34.2. The predicted molar refractivity (Wildman–Crippen MR) is 178 cm³/mol. The van der Waals surface area contributed by atoms with Crippen LogP contribution in [0.1, 0.15) is 103 Å². The number of rotatable bonds is 8. The van der Waals surface area contributed by atoms with Crippen molar-refractivity contribution in [3.05, 3.63) is 109 Å². The maximum Gasteiger partial charge on any atom is 0.0314 e. The predicted octanol–water partition coefficient (Wildman–Crippen LogP) is 11.7. The fraction of sp³-hybridized carbons (Fsp3) is 0.474. The molecule has 0 aromatic heterocycles. The fourth-order valence-electron chi connectivity index (χ4n) is 5.33. The molecule has 1 aliphatic rings. The van der Waals surface area contributed by atoms with Gasteiger partial charge in [0.25, 0.3) is 0 Å². The number of allylic oxidation sites excluding steroid dienone is 4. The first-order valence-corrected chi connectivity index (χ1v) is 14.8. The molecule has 2 N–H and O–H groups in total. The molecule has 1 unspecified atom stereocenters. The number of aryl methyl sites for hydroxylation is 2. The van der Waals surface area contributed by atoms with Crippen LogP contribution in [0.25, 0.3) is 5.57 Å². The smallest absolute Gasteiger partial charge is 0.0314 e. The number of hydrogen-bond donors (Lipinski definition) is 1. The maximum absolute atomic E-state index is 5.43. The second kappa shape index (κ2) is 16.3. The van der Waals surface area contributed by atoms with E-state index >= 15 is 0 Å². The van der Waals surface area contributed by atoms with Crippen molar-refractivity contribution in [1.29, 1.82) is 0 Å². The summed E-state index contributed by atoms with van der Waals surface area (Å²) >= 11 is 0. The molecule has 1 aliphatic carbocycles. The largest absolute Gasteiger partial charge is 0.399 e. The summed E-state index contributed by atoms with van der Waals surface area (Å²) in [6, 6.07) is 16.8. The molecule has 0 heterocycles. The summed E-state index contributed by atoms with van der Waals surface area (Å²) in [5, 5.41) is 0. The lowest BCUT2D eigenvalue weighted by Crippen LogP contribution is -2.22. The zero-order chi connectivity index (χ0) is 29.6. The first-order chi connectivity index (χ1) is 18.4. The van der Waals surface area contributed by atoms with Crippen molar-refractivity contribution in [3.63, 3.8) is 0 Å². The summed E-state index contributed by atoms with van der Waals surface area (Å²) in [5.41, 5.74) is 14.8. The fourth-order valence-corrected chi connectivity index (χ4v) is 5.33. The van der Waals surface area contributed by atoms with E-state index in [2.05, 4.69) is 98.2 Å². The van der Waals surface area contributed by atoms with Gasteiger partial charge in [0.05, 0.1) is 0 Å². The van der Waals surface area contributed by atoms with E-state index in [9.17, 15) is 0 Å². The van der Waals surface area contributed by atoms with Crippen molar-refractivity contribution in [2.75, 3.05) is 5.73 Å². The Morgan fingerprint density at radius 1 is 0.923 bits per heavy atom. The lowest BCUT2D eigenvalue weighted by molar-refractivity contribution is 0.377. The van der Waals surface area contributed by atoms with Gasteiger partial charge in [0.1, 0.15) is 0 Å². The van der Waals surface area contributed by atoms with Gasteiger partial charge in [-0.2, -0.15) is 0 Å². The molecular weight excluding hydrogens is 470 g/mol. The lowest BCUT2D eigenvalue weighted by atomic mass is 9.69. The standard InChI is InChI=1S/C29H44.C7H9N.C2H4/c1-9-29(22(2)3,20-19-24(5)28(6,7)8)21-27(25-16-11-10-12-17-25)26-18-14-13-15-23(26)4;1-6-2-4-7(8)5-3-6;1-2/h13-15,18,21,25H,2,5,9-12,16-17,19-20H2,1,3-4,6-8H3;2-5H,8H2,1H3;1-2H2/b27-21-;;. The van der Waals surface area contributed by atoms with Crippen molar-refractivity contribution in [1.82, 2.24) is 0 Å². The SMILES string of the molecule is C=C.C=C(CCC(/C=C(\c1ccccc1C)C1CCCCC1)(CC)C(=C)C)C(C)(C)C.Cc1ccc(N)cc1. The van der Waals surface area contributed by atoms with E-state index in [0.29, 0.717) is 5.92 Å². The number of nitrogen functional groups attached to an aromatic ring is 1. The van der Waals surface area contributed by atoms with Gasteiger partial charge in [-0.15, -0.1) is 13.2 Å². The summed E-state index contributed by atoms with van der Waals surface area (Å²) < 4.78 is 0. The lowest BCUT2D eigenvalue weighted by Gasteiger charge is -2.36. The molecule has 2 aromatic carbocycles. The van der Waals surface area contributed by atoms with Gasteiger partial charge in [0.15, 0.2) is 0 Å². The molecule has 1 atom stereocenters. The minimum Gasteiger partial charge on any atom is -0.399 e. The highest BCUT2D eigenvalue weighted by atomic mass is 14.5. The molecule has 1 nitrogen and oxygen atoms in total. The van der Waals surface area contributed by atoms with E-state index in [0.717, 1.165) is 24.9 Å². The molecule has 0 amide bonds. The van der Waals surface area contributed by atoms with Crippen molar-refractivity contribution in [2.24, 2.45) is 16.7 Å². The highest BCUT2D eigenvalue weighted by Gasteiger charge is 2.31. The van der Waals surface area contributed by atoms with Crippen molar-refractivity contribution in [3.8, 4) is 0 Å². The third-order valence-electron chi connectivity index (χ3n) is 8.42. The van der Waals surface area contributed by atoms with E-state index in [4.69, 9.17) is 5.73 Å². The van der Waals surface area contributed by atoms with Crippen LogP contribution >= 0.6 is 0 Å². The third-order valence-corrected chi connectivity index (χ3v) is 8.42. The molecule has 0 radical (unpaired) electrons. The molecular formula is C38H57N. The van der Waals surface area contributed by atoms with Gasteiger partial charge in [-0.05, 0) is 93.0 Å². The Hall–Kier alpha value is -2.80. The van der Waals surface area contributed by atoms with Gasteiger partial charge in [0.2, 0.25) is 0 Å². The van der Waals surface area contributed by atoms with Crippen LogP contribution in [0.2, 0.25) is 0 Å². The number of anilines is 1. The van der Waals surface area contributed by atoms with E-state index in [-0.39, 0.29) is 10.8 Å². The summed E-state index contributed by atoms with van der Waals surface area (Å²) in [7, 11) is 0. The van der Waals surface area contributed by atoms with Gasteiger partial charge in [0, 0.05) is 11.1 Å². The monoisotopic (exact) mass is 527 g/mol. The molecule has 39 heavy (non-hydrogen) atoms. The molecule has 0 bridgehead atoms. The summed E-state index contributed by atoms with van der Waals surface area (Å²) in [6.45, 7) is 30.6. The van der Waals surface area contributed by atoms with Gasteiger partial charge in [-0.3, -0.25) is 0 Å². The zero-order valence-electron chi connectivity index (χ0n) is 26.3. The second-order valence-electron chi connectivity index (χ2n) is 12.3. The molecule has 1 fully saturated rings. The second-order valence-corrected chi connectivity index (χ2v) is 12.3. The molecule has 0 saturated heterocycles. The first-order valence-electron chi connectivity index (χ1n) is 14.8. The van der Waals surface area contributed by atoms with Crippen LogP contribution in [0.15, 0.2) is 92.1 Å². The summed E-state index contributed by atoms with van der Waals surface area (Å²) in [6.07, 6.45) is 12.7. The van der Waals surface area contributed by atoms with Gasteiger partial charge in [-0.25, -0.2) is 0 Å². The normalized spacial score (nSPS) is 15.6. The highest BCUT2D eigenvalue weighted by Crippen LogP contribution is 2.45. The quantitative estimate of drug-likeness (QED) is 0.268. The van der Waals surface area contributed by atoms with Gasteiger partial charge in [-0.1, -0.05) is 119 Å². The number of benzene rings is 2. The van der Waals surface area contributed by atoms with Crippen molar-refractivity contribution >= 4 is 11.3 Å². The van der Waals surface area contributed by atoms with Crippen molar-refractivity contribution in [2.45, 2.75) is 99.8 Å². The average Bonchev–Trinajstić information content (AvgIpc) is 2.92. The van der Waals surface area contributed by atoms with Crippen LogP contribution in [-0.4, -0.2) is 0 Å². The summed E-state index contributed by atoms with van der Waals surface area (Å²) in [4.78, 5) is 0. The van der Waals surface area contributed by atoms with Crippen LogP contribution in [0.5, 0.6) is 0 Å². The third kappa shape index (κ3) is 10.7. The Morgan fingerprint density at radius 3 is 1.95 bits per heavy atom. The summed E-state index contributed by atoms with van der Waals surface area (Å²) in [5.74, 6) is 0.681. The van der Waals surface area contributed by atoms with E-state index in [1.165, 1.54) is 59.9 Å². The Morgan fingerprint density at radius 2 is 1.49 bits per heavy atom. The maximum atomic E-state index is 5.43. The van der Waals surface area contributed by atoms with Crippen LogP contribution < -0.4 is 5.73 Å². The molecule has 0 aliphatic heterocycles. The van der Waals surface area contributed by atoms with Crippen LogP contribution in [-0.2, 0) is 0 Å². The molecule has 3 rings (SSSR count). The van der Waals surface area contributed by atoms with E-state index in [1.807, 2.05) is 31.2 Å². The Balaban J connectivity index is 0.000000641. The minimum atomic E-state index is 0.0449. The Labute approximate surface area is 242 Å². The average molecular weight is 528 g/mol.